The summed E-state index contributed by atoms with van der Waals surface area (Å²) in [4.78, 5) is 8.80. The third kappa shape index (κ3) is 7.36. The van der Waals surface area contributed by atoms with Crippen LogP contribution in [0.1, 0.15) is 43.0 Å². The van der Waals surface area contributed by atoms with Crippen molar-refractivity contribution in [2.45, 2.75) is 45.2 Å². The van der Waals surface area contributed by atoms with Crippen molar-refractivity contribution in [3.05, 3.63) is 44.8 Å². The van der Waals surface area contributed by atoms with Gasteiger partial charge in [-0.1, -0.05) is 13.0 Å². The van der Waals surface area contributed by atoms with Gasteiger partial charge >= 0.3 is 0 Å². The molecule has 3 heterocycles. The Morgan fingerprint density at radius 3 is 2.74 bits per heavy atom. The lowest BCUT2D eigenvalue weighted by atomic mass is 10.0. The Labute approximate surface area is 188 Å². The van der Waals surface area contributed by atoms with Gasteiger partial charge in [-0.15, -0.1) is 35.3 Å². The normalized spacial score (nSPS) is 17.3. The van der Waals surface area contributed by atoms with Crippen LogP contribution in [0.4, 0.5) is 0 Å². The van der Waals surface area contributed by atoms with E-state index >= 15 is 0 Å². The molecule has 2 aromatic heterocycles. The van der Waals surface area contributed by atoms with Gasteiger partial charge in [0.05, 0.1) is 6.54 Å². The van der Waals surface area contributed by atoms with Crippen molar-refractivity contribution in [2.75, 3.05) is 26.2 Å². The molecule has 0 amide bonds. The zero-order valence-electron chi connectivity index (χ0n) is 16.2. The van der Waals surface area contributed by atoms with Crippen molar-refractivity contribution in [2.24, 2.45) is 4.99 Å². The summed E-state index contributed by atoms with van der Waals surface area (Å²) in [5.41, 5.74) is 1.44. The smallest absolute Gasteiger partial charge is 0.191 e. The number of rotatable bonds is 7. The predicted octanol–water partition coefficient (Wildman–Crippen LogP) is 4.75. The second kappa shape index (κ2) is 12.0. The number of likely N-dealkylation sites (tertiary alicyclic amines) is 1. The summed E-state index contributed by atoms with van der Waals surface area (Å²) >= 11 is 3.61. The first-order chi connectivity index (χ1) is 12.7. The summed E-state index contributed by atoms with van der Waals surface area (Å²) in [5, 5.41) is 13.6. The molecular formula is C20H31IN4S2. The second-order valence-electron chi connectivity index (χ2n) is 6.96. The molecule has 2 N–H and O–H groups in total. The highest BCUT2D eigenvalue weighted by atomic mass is 127. The fourth-order valence-electron chi connectivity index (χ4n) is 3.28. The van der Waals surface area contributed by atoms with E-state index in [1.54, 1.807) is 11.3 Å². The largest absolute Gasteiger partial charge is 0.357 e. The van der Waals surface area contributed by atoms with Crippen LogP contribution in [0.25, 0.3) is 0 Å². The Hall–Kier alpha value is -0.640. The van der Waals surface area contributed by atoms with Gasteiger partial charge in [-0.05, 0) is 53.6 Å². The van der Waals surface area contributed by atoms with Crippen LogP contribution < -0.4 is 10.6 Å². The first-order valence-electron chi connectivity index (χ1n) is 9.56. The minimum Gasteiger partial charge on any atom is -0.357 e. The molecule has 1 atom stereocenters. The van der Waals surface area contributed by atoms with Gasteiger partial charge in [0.2, 0.25) is 0 Å². The number of hydrogen-bond acceptors (Lipinski definition) is 4. The number of aliphatic imine (C=N–C) groups is 1. The summed E-state index contributed by atoms with van der Waals surface area (Å²) in [7, 11) is 0. The van der Waals surface area contributed by atoms with E-state index in [1.807, 2.05) is 11.3 Å². The lowest BCUT2D eigenvalue weighted by molar-refractivity contribution is 0.198. The van der Waals surface area contributed by atoms with Crippen LogP contribution in [-0.4, -0.2) is 43.1 Å². The summed E-state index contributed by atoms with van der Waals surface area (Å²) in [6, 6.07) is 7.07. The van der Waals surface area contributed by atoms with Crippen LogP contribution in [0.2, 0.25) is 0 Å². The Kier molecular flexibility index (Phi) is 10.1. The molecule has 0 aromatic carbocycles. The maximum atomic E-state index is 4.83. The van der Waals surface area contributed by atoms with Gasteiger partial charge in [0.1, 0.15) is 0 Å². The van der Waals surface area contributed by atoms with Gasteiger partial charge in [-0.3, -0.25) is 9.89 Å². The van der Waals surface area contributed by atoms with E-state index in [0.29, 0.717) is 12.0 Å². The minimum absolute atomic E-state index is 0. The number of hydrogen-bond donors (Lipinski definition) is 2. The molecule has 0 aliphatic carbocycles. The van der Waals surface area contributed by atoms with Gasteiger partial charge in [0.15, 0.2) is 5.96 Å². The summed E-state index contributed by atoms with van der Waals surface area (Å²) in [6.07, 6.45) is 2.35. The van der Waals surface area contributed by atoms with Crippen LogP contribution in [0.3, 0.4) is 0 Å². The van der Waals surface area contributed by atoms with Crippen LogP contribution in [-0.2, 0) is 6.54 Å². The Morgan fingerprint density at radius 2 is 2.11 bits per heavy atom. The van der Waals surface area contributed by atoms with Crippen molar-refractivity contribution in [3.63, 3.8) is 0 Å². The van der Waals surface area contributed by atoms with Gasteiger partial charge in [-0.25, -0.2) is 0 Å². The summed E-state index contributed by atoms with van der Waals surface area (Å²) in [6.45, 7) is 9.49. The molecule has 27 heavy (non-hydrogen) atoms. The third-order valence-corrected chi connectivity index (χ3v) is 6.65. The molecule has 1 saturated heterocycles. The maximum absolute atomic E-state index is 4.83. The minimum atomic E-state index is 0. The zero-order chi connectivity index (χ0) is 18.2. The molecule has 4 nitrogen and oxygen atoms in total. The molecule has 0 radical (unpaired) electrons. The molecule has 3 rings (SSSR count). The Morgan fingerprint density at radius 1 is 1.30 bits per heavy atom. The van der Waals surface area contributed by atoms with Gasteiger partial charge in [0, 0.05) is 43.0 Å². The SMILES string of the molecule is CCNC(=NCC(C)c1cccs1)NC1CCN(Cc2ccsc2)CC1.I. The lowest BCUT2D eigenvalue weighted by Crippen LogP contribution is -2.48. The molecule has 1 unspecified atom stereocenters. The molecule has 0 spiro atoms. The molecule has 150 valence electrons. The number of guanidine groups is 1. The zero-order valence-corrected chi connectivity index (χ0v) is 20.2. The van der Waals surface area contributed by atoms with E-state index in [9.17, 15) is 0 Å². The number of halogens is 1. The quantitative estimate of drug-likeness (QED) is 0.316. The van der Waals surface area contributed by atoms with Crippen LogP contribution in [0.15, 0.2) is 39.3 Å². The van der Waals surface area contributed by atoms with Crippen molar-refractivity contribution in [3.8, 4) is 0 Å². The fourth-order valence-corrected chi connectivity index (χ4v) is 4.72. The van der Waals surface area contributed by atoms with Crippen molar-refractivity contribution >= 4 is 52.6 Å². The number of nitrogens with one attached hydrogen (secondary N) is 2. The number of piperidine rings is 1. The molecular weight excluding hydrogens is 487 g/mol. The molecule has 1 aliphatic rings. The van der Waals surface area contributed by atoms with Crippen molar-refractivity contribution in [1.82, 2.24) is 15.5 Å². The van der Waals surface area contributed by atoms with E-state index in [0.717, 1.165) is 38.7 Å². The first-order valence-corrected chi connectivity index (χ1v) is 11.4. The third-order valence-electron chi connectivity index (χ3n) is 4.81. The van der Waals surface area contributed by atoms with Crippen LogP contribution in [0.5, 0.6) is 0 Å². The topological polar surface area (TPSA) is 39.7 Å². The van der Waals surface area contributed by atoms with Gasteiger partial charge < -0.3 is 10.6 Å². The molecule has 0 saturated carbocycles. The van der Waals surface area contributed by atoms with Gasteiger partial charge in [-0.2, -0.15) is 11.3 Å². The lowest BCUT2D eigenvalue weighted by Gasteiger charge is -2.33. The van der Waals surface area contributed by atoms with Crippen molar-refractivity contribution in [1.29, 1.82) is 0 Å². The average molecular weight is 519 g/mol. The van der Waals surface area contributed by atoms with E-state index in [2.05, 4.69) is 63.7 Å². The Bertz CT molecular complexity index is 650. The fraction of sp³-hybridized carbons (Fsp3) is 0.550. The molecule has 7 heteroatoms. The van der Waals surface area contributed by atoms with Gasteiger partial charge in [0.25, 0.3) is 0 Å². The molecule has 1 aliphatic heterocycles. The number of nitrogens with zero attached hydrogens (tertiary/aromatic N) is 2. The molecule has 2 aromatic rings. The van der Waals surface area contributed by atoms with E-state index < -0.39 is 0 Å². The maximum Gasteiger partial charge on any atom is 0.191 e. The van der Waals surface area contributed by atoms with Crippen LogP contribution in [0, 0.1) is 0 Å². The molecule has 0 bridgehead atoms. The van der Waals surface area contributed by atoms with E-state index in [4.69, 9.17) is 4.99 Å². The highest BCUT2D eigenvalue weighted by Gasteiger charge is 2.20. The predicted molar refractivity (Wildman–Crippen MR) is 130 cm³/mol. The first kappa shape index (κ1) is 22.6. The van der Waals surface area contributed by atoms with Crippen molar-refractivity contribution < 1.29 is 0 Å². The standard InChI is InChI=1S/C20H30N4S2.HI/c1-3-21-20(22-13-16(2)19-5-4-11-26-19)23-18-6-9-24(10-7-18)14-17-8-12-25-15-17;/h4-5,8,11-12,15-16,18H,3,6-7,9-10,13-14H2,1-2H3,(H2,21,22,23);1H. The monoisotopic (exact) mass is 518 g/mol. The summed E-state index contributed by atoms with van der Waals surface area (Å²) < 4.78 is 0. The number of thiophene rings is 2. The Balaban J connectivity index is 0.00000261. The highest BCUT2D eigenvalue weighted by molar-refractivity contribution is 14.0. The molecule has 1 fully saturated rings. The average Bonchev–Trinajstić information content (AvgIpc) is 3.35. The van der Waals surface area contributed by atoms with Crippen LogP contribution >= 0.6 is 46.7 Å². The van der Waals surface area contributed by atoms with E-state index in [-0.39, 0.29) is 24.0 Å². The second-order valence-corrected chi connectivity index (χ2v) is 8.72. The van der Waals surface area contributed by atoms with E-state index in [1.165, 1.54) is 23.3 Å². The summed E-state index contributed by atoms with van der Waals surface area (Å²) in [5.74, 6) is 1.44. The highest BCUT2D eigenvalue weighted by Crippen LogP contribution is 2.21.